The van der Waals surface area contributed by atoms with Crippen LogP contribution in [-0.4, -0.2) is 25.0 Å². The second-order valence-corrected chi connectivity index (χ2v) is 7.80. The molecule has 0 saturated carbocycles. The minimum atomic E-state index is -0.555. The third-order valence-corrected chi connectivity index (χ3v) is 5.24. The molecule has 0 amide bonds. The monoisotopic (exact) mass is 477 g/mol. The van der Waals surface area contributed by atoms with Gasteiger partial charge in [0, 0.05) is 23.6 Å². The molecule has 0 fully saturated rings. The molecule has 2 N–H and O–H groups in total. The SMILES string of the molecule is Oc1cccc(-c2ccc(Nc3ccc(CN=Nc4ncc(F)c(-c5cccnc5)n4)nc3)cc2)c1. The summed E-state index contributed by atoms with van der Waals surface area (Å²) < 4.78 is 14.1. The Bertz CT molecular complexity index is 1490. The van der Waals surface area contributed by atoms with Crippen molar-refractivity contribution in [1.82, 2.24) is 19.9 Å². The zero-order chi connectivity index (χ0) is 24.7. The normalized spacial score (nSPS) is 11.0. The first-order valence-corrected chi connectivity index (χ1v) is 11.1. The minimum absolute atomic E-state index is 0.0581. The van der Waals surface area contributed by atoms with E-state index in [4.69, 9.17) is 0 Å². The van der Waals surface area contributed by atoms with Gasteiger partial charge in [0.15, 0.2) is 5.82 Å². The molecule has 0 spiro atoms. The predicted molar refractivity (Wildman–Crippen MR) is 135 cm³/mol. The van der Waals surface area contributed by atoms with Gasteiger partial charge in [-0.25, -0.2) is 14.4 Å². The highest BCUT2D eigenvalue weighted by atomic mass is 19.1. The fourth-order valence-electron chi connectivity index (χ4n) is 3.47. The lowest BCUT2D eigenvalue weighted by molar-refractivity contribution is 0.475. The number of aromatic hydroxyl groups is 1. The highest BCUT2D eigenvalue weighted by molar-refractivity contribution is 5.69. The number of phenolic OH excluding ortho intramolecular Hbond substituents is 1. The highest BCUT2D eigenvalue weighted by Crippen LogP contribution is 2.26. The number of benzene rings is 2. The van der Waals surface area contributed by atoms with Crippen LogP contribution in [0.3, 0.4) is 0 Å². The molecule has 5 aromatic rings. The maximum absolute atomic E-state index is 14.1. The molecule has 0 unspecified atom stereocenters. The van der Waals surface area contributed by atoms with Gasteiger partial charge in [-0.05, 0) is 59.7 Å². The van der Waals surface area contributed by atoms with E-state index in [9.17, 15) is 9.50 Å². The molecule has 0 atom stereocenters. The third-order valence-electron chi connectivity index (χ3n) is 5.24. The average molecular weight is 478 g/mol. The Morgan fingerprint density at radius 3 is 2.39 bits per heavy atom. The topological polar surface area (TPSA) is 109 Å². The molecule has 0 bridgehead atoms. The Kier molecular flexibility index (Phi) is 6.61. The molecule has 9 heteroatoms. The van der Waals surface area contributed by atoms with Crippen molar-refractivity contribution in [2.75, 3.05) is 5.32 Å². The van der Waals surface area contributed by atoms with Crippen LogP contribution in [0.5, 0.6) is 5.75 Å². The van der Waals surface area contributed by atoms with Crippen molar-refractivity contribution >= 4 is 17.3 Å². The summed E-state index contributed by atoms with van der Waals surface area (Å²) in [6.07, 6.45) is 5.91. The number of rotatable bonds is 7. The number of nitrogens with zero attached hydrogens (tertiary/aromatic N) is 6. The molecule has 0 aliphatic rings. The molecule has 36 heavy (non-hydrogen) atoms. The summed E-state index contributed by atoms with van der Waals surface area (Å²) in [4.78, 5) is 16.4. The van der Waals surface area contributed by atoms with E-state index in [1.807, 2.05) is 48.5 Å². The van der Waals surface area contributed by atoms with Crippen molar-refractivity contribution in [2.24, 2.45) is 10.2 Å². The average Bonchev–Trinajstić information content (AvgIpc) is 2.91. The molecule has 8 nitrogen and oxygen atoms in total. The number of aromatic nitrogens is 4. The van der Waals surface area contributed by atoms with Gasteiger partial charge in [0.05, 0.1) is 23.8 Å². The van der Waals surface area contributed by atoms with Gasteiger partial charge in [-0.3, -0.25) is 9.97 Å². The van der Waals surface area contributed by atoms with E-state index >= 15 is 0 Å². The van der Waals surface area contributed by atoms with E-state index in [0.29, 0.717) is 11.3 Å². The van der Waals surface area contributed by atoms with Gasteiger partial charge in [-0.2, -0.15) is 5.11 Å². The van der Waals surface area contributed by atoms with Crippen LogP contribution in [-0.2, 0) is 6.54 Å². The first kappa shape index (κ1) is 22.7. The molecule has 0 aliphatic heterocycles. The predicted octanol–water partition coefficient (Wildman–Crippen LogP) is 6.47. The summed E-state index contributed by atoms with van der Waals surface area (Å²) in [5.41, 5.74) is 5.05. The molecule has 0 radical (unpaired) electrons. The smallest absolute Gasteiger partial charge is 0.269 e. The van der Waals surface area contributed by atoms with Crippen LogP contribution in [0.2, 0.25) is 0 Å². The van der Waals surface area contributed by atoms with Crippen LogP contribution in [0, 0.1) is 5.82 Å². The Hall–Kier alpha value is -5.05. The lowest BCUT2D eigenvalue weighted by Crippen LogP contribution is -1.94. The molecule has 3 heterocycles. The van der Waals surface area contributed by atoms with E-state index in [-0.39, 0.29) is 23.9 Å². The fourth-order valence-corrected chi connectivity index (χ4v) is 3.47. The second-order valence-electron chi connectivity index (χ2n) is 7.80. The molecule has 0 saturated heterocycles. The van der Waals surface area contributed by atoms with Crippen LogP contribution >= 0.6 is 0 Å². The van der Waals surface area contributed by atoms with Gasteiger partial charge >= 0.3 is 0 Å². The van der Waals surface area contributed by atoms with Gasteiger partial charge < -0.3 is 10.4 Å². The summed E-state index contributed by atoms with van der Waals surface area (Å²) in [6.45, 7) is 0.224. The van der Waals surface area contributed by atoms with Crippen LogP contribution in [0.25, 0.3) is 22.4 Å². The first-order chi connectivity index (χ1) is 17.6. The molecule has 5 rings (SSSR count). The number of nitrogens with one attached hydrogen (secondary N) is 1. The van der Waals surface area contributed by atoms with E-state index < -0.39 is 5.82 Å². The molecule has 176 valence electrons. The largest absolute Gasteiger partial charge is 0.508 e. The summed E-state index contributed by atoms with van der Waals surface area (Å²) >= 11 is 0. The third kappa shape index (κ3) is 5.53. The number of hydrogen-bond donors (Lipinski definition) is 2. The molecular formula is C27H20FN7O. The van der Waals surface area contributed by atoms with Crippen molar-refractivity contribution in [2.45, 2.75) is 6.54 Å². The van der Waals surface area contributed by atoms with Crippen LogP contribution in [0.4, 0.5) is 21.7 Å². The van der Waals surface area contributed by atoms with Crippen molar-refractivity contribution < 1.29 is 9.50 Å². The number of anilines is 2. The fraction of sp³-hybridized carbons (Fsp3) is 0.0370. The quantitative estimate of drug-likeness (QED) is 0.260. The number of phenols is 1. The molecule has 2 aromatic carbocycles. The van der Waals surface area contributed by atoms with E-state index in [2.05, 4.69) is 35.5 Å². The molecule has 3 aromatic heterocycles. The van der Waals surface area contributed by atoms with E-state index in [1.54, 1.807) is 36.7 Å². The Balaban J connectivity index is 1.20. The Morgan fingerprint density at radius 1 is 0.806 bits per heavy atom. The summed E-state index contributed by atoms with van der Waals surface area (Å²) in [5.74, 6) is -0.261. The summed E-state index contributed by atoms with van der Waals surface area (Å²) in [6, 6.07) is 22.2. The zero-order valence-corrected chi connectivity index (χ0v) is 19.0. The Morgan fingerprint density at radius 2 is 1.64 bits per heavy atom. The molecule has 0 aliphatic carbocycles. The lowest BCUT2D eigenvalue weighted by atomic mass is 10.1. The maximum atomic E-state index is 14.1. The van der Waals surface area contributed by atoms with Crippen molar-refractivity contribution in [3.05, 3.63) is 109 Å². The summed E-state index contributed by atoms with van der Waals surface area (Å²) in [5, 5.41) is 21.1. The van der Waals surface area contributed by atoms with E-state index in [1.165, 1.54) is 6.20 Å². The molecular weight excluding hydrogens is 457 g/mol. The second kappa shape index (κ2) is 10.5. The van der Waals surface area contributed by atoms with Gasteiger partial charge in [0.1, 0.15) is 18.0 Å². The van der Waals surface area contributed by atoms with Gasteiger partial charge in [0.2, 0.25) is 0 Å². The standard InChI is InChI=1S/C27H20FN7O/c28-25-17-31-27(34-26(25)20-4-2-12-29-14-20)35-32-16-22-10-11-23(15-30-22)33-21-8-6-18(7-9-21)19-3-1-5-24(36)13-19/h1-15,17,33,36H,16H2. The lowest BCUT2D eigenvalue weighted by Gasteiger charge is -2.08. The number of halogens is 1. The van der Waals surface area contributed by atoms with Crippen LogP contribution in [0.1, 0.15) is 5.69 Å². The van der Waals surface area contributed by atoms with Gasteiger partial charge in [-0.1, -0.05) is 24.3 Å². The number of azo groups is 1. The highest BCUT2D eigenvalue weighted by Gasteiger charge is 2.09. The Labute approximate surface area is 206 Å². The zero-order valence-electron chi connectivity index (χ0n) is 19.0. The maximum Gasteiger partial charge on any atom is 0.269 e. The van der Waals surface area contributed by atoms with Crippen LogP contribution < -0.4 is 5.32 Å². The van der Waals surface area contributed by atoms with Crippen molar-refractivity contribution in [1.29, 1.82) is 0 Å². The first-order valence-electron chi connectivity index (χ1n) is 11.1. The van der Waals surface area contributed by atoms with Crippen LogP contribution in [0.15, 0.2) is 108 Å². The summed E-state index contributed by atoms with van der Waals surface area (Å²) in [7, 11) is 0. The van der Waals surface area contributed by atoms with Crippen molar-refractivity contribution in [3.63, 3.8) is 0 Å². The number of hydrogen-bond acceptors (Lipinski definition) is 8. The van der Waals surface area contributed by atoms with Gasteiger partial charge in [0.25, 0.3) is 5.95 Å². The van der Waals surface area contributed by atoms with Gasteiger partial charge in [-0.15, -0.1) is 5.11 Å². The minimum Gasteiger partial charge on any atom is -0.508 e. The number of pyridine rings is 2. The van der Waals surface area contributed by atoms with Crippen molar-refractivity contribution in [3.8, 4) is 28.1 Å². The van der Waals surface area contributed by atoms with E-state index in [0.717, 1.165) is 28.7 Å².